The van der Waals surface area contributed by atoms with E-state index in [0.717, 1.165) is 39.2 Å². The zero-order chi connectivity index (χ0) is 21.4. The molecule has 0 radical (unpaired) electrons. The third kappa shape index (κ3) is 3.52. The van der Waals surface area contributed by atoms with Gasteiger partial charge in [0, 0.05) is 16.8 Å². The molecule has 4 nitrogen and oxygen atoms in total. The van der Waals surface area contributed by atoms with Crippen molar-refractivity contribution < 1.29 is 9.90 Å². The number of hydrogen-bond donors (Lipinski definition) is 2. The van der Waals surface area contributed by atoms with E-state index < -0.39 is 0 Å². The lowest BCUT2D eigenvalue weighted by Crippen LogP contribution is -2.21. The van der Waals surface area contributed by atoms with Crippen molar-refractivity contribution in [3.63, 3.8) is 0 Å². The van der Waals surface area contributed by atoms with Crippen LogP contribution in [0.3, 0.4) is 0 Å². The summed E-state index contributed by atoms with van der Waals surface area (Å²) in [5.74, 6) is -0.416. The largest absolute Gasteiger partial charge is 0.506 e. The quantitative estimate of drug-likeness (QED) is 0.573. The summed E-state index contributed by atoms with van der Waals surface area (Å²) in [6.07, 6.45) is 0. The van der Waals surface area contributed by atoms with E-state index in [-0.39, 0.29) is 17.2 Å². The average Bonchev–Trinajstić information content (AvgIpc) is 2.98. The first kappa shape index (κ1) is 19.6. The van der Waals surface area contributed by atoms with Gasteiger partial charge >= 0.3 is 0 Å². The van der Waals surface area contributed by atoms with Crippen LogP contribution in [-0.2, 0) is 4.79 Å². The first-order valence-electron chi connectivity index (χ1n) is 9.93. The maximum atomic E-state index is 13.3. The lowest BCUT2D eigenvalue weighted by molar-refractivity contribution is -0.112. The zero-order valence-electron chi connectivity index (χ0n) is 17.6. The SMILES string of the molecule is Cc1ccc(N=C2C(C(=O)Nc3c(C)cc(C)cc3C)=C(O)c3ccccc32)cc1. The van der Waals surface area contributed by atoms with E-state index in [1.807, 2.05) is 82.3 Å². The molecule has 0 bridgehead atoms. The lowest BCUT2D eigenvalue weighted by Gasteiger charge is -2.14. The Morgan fingerprint density at radius 3 is 2.07 bits per heavy atom. The number of carbonyl (C=O) groups is 1. The molecule has 4 rings (SSSR count). The van der Waals surface area contributed by atoms with Crippen LogP contribution in [0.2, 0.25) is 0 Å². The van der Waals surface area contributed by atoms with Gasteiger partial charge in [0.05, 0.1) is 11.4 Å². The topological polar surface area (TPSA) is 61.7 Å². The van der Waals surface area contributed by atoms with Crippen LogP contribution in [0.5, 0.6) is 0 Å². The minimum atomic E-state index is -0.371. The van der Waals surface area contributed by atoms with Crippen LogP contribution in [-0.4, -0.2) is 16.7 Å². The molecule has 0 atom stereocenters. The van der Waals surface area contributed by atoms with Crippen LogP contribution >= 0.6 is 0 Å². The fourth-order valence-corrected chi connectivity index (χ4v) is 3.91. The van der Waals surface area contributed by atoms with E-state index in [2.05, 4.69) is 5.32 Å². The number of carbonyl (C=O) groups excluding carboxylic acids is 1. The summed E-state index contributed by atoms with van der Waals surface area (Å²) in [6, 6.07) is 19.2. The smallest absolute Gasteiger partial charge is 0.261 e. The van der Waals surface area contributed by atoms with Crippen LogP contribution in [0.4, 0.5) is 11.4 Å². The normalized spacial score (nSPS) is 14.2. The highest BCUT2D eigenvalue weighted by Crippen LogP contribution is 2.34. The van der Waals surface area contributed by atoms with Crippen molar-refractivity contribution in [1.29, 1.82) is 0 Å². The summed E-state index contributed by atoms with van der Waals surface area (Å²) in [4.78, 5) is 18.1. The standard InChI is InChI=1S/C26H24N2O2/c1-15-9-11-19(12-10-15)27-24-20-7-5-6-8-21(20)25(29)22(24)26(30)28-23-17(3)13-16(2)14-18(23)4/h5-14,29H,1-4H3,(H,28,30). The van der Waals surface area contributed by atoms with Crippen LogP contribution in [0, 0.1) is 27.7 Å². The van der Waals surface area contributed by atoms with E-state index in [0.29, 0.717) is 11.3 Å². The predicted octanol–water partition coefficient (Wildman–Crippen LogP) is 5.96. The van der Waals surface area contributed by atoms with Gasteiger partial charge in [-0.2, -0.15) is 0 Å². The van der Waals surface area contributed by atoms with Crippen molar-refractivity contribution in [2.45, 2.75) is 27.7 Å². The van der Waals surface area contributed by atoms with Crippen LogP contribution < -0.4 is 5.32 Å². The first-order chi connectivity index (χ1) is 14.3. The minimum Gasteiger partial charge on any atom is -0.506 e. The molecular formula is C26H24N2O2. The lowest BCUT2D eigenvalue weighted by atomic mass is 10.0. The molecule has 0 fully saturated rings. The Morgan fingerprint density at radius 2 is 1.43 bits per heavy atom. The molecule has 0 aromatic heterocycles. The Kier molecular flexibility index (Phi) is 5.00. The molecule has 0 heterocycles. The number of amides is 1. The Balaban J connectivity index is 1.79. The van der Waals surface area contributed by atoms with Crippen molar-refractivity contribution in [3.05, 3.63) is 99.6 Å². The van der Waals surface area contributed by atoms with Gasteiger partial charge in [0.25, 0.3) is 5.91 Å². The van der Waals surface area contributed by atoms with Crippen molar-refractivity contribution in [2.75, 3.05) is 5.32 Å². The monoisotopic (exact) mass is 396 g/mol. The van der Waals surface area contributed by atoms with E-state index >= 15 is 0 Å². The summed E-state index contributed by atoms with van der Waals surface area (Å²) in [7, 11) is 0. The molecule has 1 aliphatic rings. The number of nitrogens with one attached hydrogen (secondary N) is 1. The number of fused-ring (bicyclic) bond motifs is 1. The molecule has 0 saturated carbocycles. The summed E-state index contributed by atoms with van der Waals surface area (Å²) in [6.45, 7) is 7.97. The van der Waals surface area contributed by atoms with Crippen LogP contribution in [0.15, 0.2) is 71.2 Å². The maximum Gasteiger partial charge on any atom is 0.261 e. The van der Waals surface area contributed by atoms with E-state index in [9.17, 15) is 9.90 Å². The second-order valence-electron chi connectivity index (χ2n) is 7.79. The fraction of sp³-hybridized carbons (Fsp3) is 0.154. The highest BCUT2D eigenvalue weighted by atomic mass is 16.3. The van der Waals surface area contributed by atoms with Crippen molar-refractivity contribution in [2.24, 2.45) is 4.99 Å². The second-order valence-corrected chi connectivity index (χ2v) is 7.79. The maximum absolute atomic E-state index is 13.3. The molecule has 0 aliphatic heterocycles. The number of anilines is 1. The number of benzene rings is 3. The van der Waals surface area contributed by atoms with Gasteiger partial charge in [0.15, 0.2) is 0 Å². The van der Waals surface area contributed by atoms with Crippen molar-refractivity contribution in [3.8, 4) is 0 Å². The number of aryl methyl sites for hydroxylation is 4. The Morgan fingerprint density at radius 1 is 0.833 bits per heavy atom. The molecule has 0 unspecified atom stereocenters. The van der Waals surface area contributed by atoms with Gasteiger partial charge in [-0.3, -0.25) is 4.79 Å². The third-order valence-electron chi connectivity index (χ3n) is 5.33. The minimum absolute atomic E-state index is 0.0450. The second kappa shape index (κ2) is 7.64. The van der Waals surface area contributed by atoms with E-state index in [1.54, 1.807) is 6.07 Å². The fourth-order valence-electron chi connectivity index (χ4n) is 3.91. The Hall–Kier alpha value is -3.66. The molecule has 3 aromatic carbocycles. The average molecular weight is 396 g/mol. The molecule has 0 saturated heterocycles. The predicted molar refractivity (Wildman–Crippen MR) is 123 cm³/mol. The van der Waals surface area contributed by atoms with Crippen molar-refractivity contribution in [1.82, 2.24) is 0 Å². The molecule has 1 amide bonds. The Bertz CT molecular complexity index is 1200. The van der Waals surface area contributed by atoms with Gasteiger partial charge in [-0.1, -0.05) is 59.7 Å². The van der Waals surface area contributed by atoms with Gasteiger partial charge in [-0.25, -0.2) is 4.99 Å². The van der Waals surface area contributed by atoms with Gasteiger partial charge in [0.1, 0.15) is 11.3 Å². The number of rotatable bonds is 3. The highest BCUT2D eigenvalue weighted by molar-refractivity contribution is 6.38. The number of nitrogens with zero attached hydrogens (tertiary/aromatic N) is 1. The number of aliphatic hydroxyl groups excluding tert-OH is 1. The molecule has 2 N–H and O–H groups in total. The van der Waals surface area contributed by atoms with Crippen LogP contribution in [0.1, 0.15) is 33.4 Å². The molecular weight excluding hydrogens is 372 g/mol. The van der Waals surface area contributed by atoms with Gasteiger partial charge in [-0.15, -0.1) is 0 Å². The molecule has 0 spiro atoms. The molecule has 150 valence electrons. The third-order valence-corrected chi connectivity index (χ3v) is 5.33. The summed E-state index contributed by atoms with van der Waals surface area (Å²) >= 11 is 0. The van der Waals surface area contributed by atoms with Gasteiger partial charge < -0.3 is 10.4 Å². The highest BCUT2D eigenvalue weighted by Gasteiger charge is 2.32. The van der Waals surface area contributed by atoms with Gasteiger partial charge in [0.2, 0.25) is 0 Å². The molecule has 1 aliphatic carbocycles. The van der Waals surface area contributed by atoms with Crippen LogP contribution in [0.25, 0.3) is 5.76 Å². The molecule has 3 aromatic rings. The molecule has 4 heteroatoms. The summed E-state index contributed by atoms with van der Waals surface area (Å²) in [5, 5.41) is 13.9. The number of aliphatic imine (C=N–C) groups is 1. The molecule has 30 heavy (non-hydrogen) atoms. The number of aliphatic hydroxyl groups is 1. The summed E-state index contributed by atoms with van der Waals surface area (Å²) in [5.41, 5.74) is 7.76. The number of hydrogen-bond acceptors (Lipinski definition) is 3. The van der Waals surface area contributed by atoms with Crippen molar-refractivity contribution >= 4 is 28.8 Å². The first-order valence-corrected chi connectivity index (χ1v) is 9.93. The Labute approximate surface area is 176 Å². The van der Waals surface area contributed by atoms with Gasteiger partial charge in [-0.05, 0) is 51.0 Å². The van der Waals surface area contributed by atoms with E-state index in [4.69, 9.17) is 4.99 Å². The zero-order valence-corrected chi connectivity index (χ0v) is 17.6. The van der Waals surface area contributed by atoms with E-state index in [1.165, 1.54) is 0 Å². The summed E-state index contributed by atoms with van der Waals surface area (Å²) < 4.78 is 0.